The van der Waals surface area contributed by atoms with Crippen LogP contribution in [0, 0.1) is 36.0 Å². The molecule has 1 atom stereocenters. The van der Waals surface area contributed by atoms with E-state index in [-0.39, 0.29) is 6.04 Å². The Morgan fingerprint density at radius 2 is 1.32 bits per heavy atom. The van der Waals surface area contributed by atoms with Crippen LogP contribution in [0.3, 0.4) is 0 Å². The average Bonchev–Trinajstić information content (AvgIpc) is 2.54. The quantitative estimate of drug-likeness (QED) is 0.411. The Kier molecular flexibility index (Phi) is 15.0. The predicted molar refractivity (Wildman–Crippen MR) is 98.3 cm³/mol. The van der Waals surface area contributed by atoms with Crippen molar-refractivity contribution in [3.63, 3.8) is 0 Å². The van der Waals surface area contributed by atoms with E-state index in [1.54, 1.807) is 0 Å². The van der Waals surface area contributed by atoms with Gasteiger partial charge in [0.25, 0.3) is 0 Å². The fraction of sp³-hybridized carbons (Fsp3) is 0.714. The Morgan fingerprint density at radius 1 is 0.773 bits per heavy atom. The van der Waals surface area contributed by atoms with Gasteiger partial charge in [-0.25, -0.2) is 0 Å². The molecule has 1 heteroatoms. The maximum absolute atomic E-state index is 5.69. The first kappa shape index (κ1) is 20.6. The van der Waals surface area contributed by atoms with Crippen molar-refractivity contribution >= 4 is 0 Å². The van der Waals surface area contributed by atoms with E-state index in [1.807, 2.05) is 0 Å². The first-order valence-corrected chi connectivity index (χ1v) is 8.94. The third-order valence-electron chi connectivity index (χ3n) is 3.51. The van der Waals surface area contributed by atoms with E-state index in [0.717, 1.165) is 32.4 Å². The lowest BCUT2D eigenvalue weighted by Gasteiger charge is -2.24. The average molecular weight is 300 g/mol. The minimum Gasteiger partial charge on any atom is -0.280 e. The molecule has 0 spiro atoms. The number of hydrogen-bond donors (Lipinski definition) is 0. The molecule has 0 radical (unpaired) electrons. The fourth-order valence-corrected chi connectivity index (χ4v) is 2.07. The largest absolute Gasteiger partial charge is 0.280 e. The normalized spacial score (nSPS) is 11.0. The van der Waals surface area contributed by atoms with Crippen LogP contribution in [-0.2, 0) is 0 Å². The van der Waals surface area contributed by atoms with Gasteiger partial charge >= 0.3 is 0 Å². The number of hydrogen-bond acceptors (Lipinski definition) is 1. The minimum atomic E-state index is -0.0360. The van der Waals surface area contributed by atoms with Crippen LogP contribution >= 0.6 is 0 Å². The van der Waals surface area contributed by atoms with Crippen LogP contribution < -0.4 is 0 Å². The molecule has 1 nitrogen and oxygen atoms in total. The van der Waals surface area contributed by atoms with Crippen LogP contribution in [0.15, 0.2) is 0 Å². The van der Waals surface area contributed by atoms with Crippen LogP contribution in [0.25, 0.3) is 0 Å². The highest BCUT2D eigenvalue weighted by Crippen LogP contribution is 2.04. The summed E-state index contributed by atoms with van der Waals surface area (Å²) >= 11 is 0. The third-order valence-corrected chi connectivity index (χ3v) is 3.51. The monoisotopic (exact) mass is 299 g/mol. The van der Waals surface area contributed by atoms with E-state index in [9.17, 15) is 0 Å². The summed E-state index contributed by atoms with van der Waals surface area (Å²) < 4.78 is 0. The fourth-order valence-electron chi connectivity index (χ4n) is 2.07. The smallest absolute Gasteiger partial charge is 0.133 e. The van der Waals surface area contributed by atoms with E-state index in [1.165, 1.54) is 38.5 Å². The van der Waals surface area contributed by atoms with E-state index in [0.29, 0.717) is 0 Å². The van der Waals surface area contributed by atoms with Gasteiger partial charge < -0.3 is 0 Å². The van der Waals surface area contributed by atoms with Gasteiger partial charge in [0.15, 0.2) is 0 Å². The predicted octanol–water partition coefficient (Wildman–Crippen LogP) is 4.87. The van der Waals surface area contributed by atoms with Gasteiger partial charge in [-0.3, -0.25) is 4.90 Å². The van der Waals surface area contributed by atoms with E-state index >= 15 is 0 Å². The van der Waals surface area contributed by atoms with Crippen molar-refractivity contribution in [2.45, 2.75) is 84.6 Å². The summed E-state index contributed by atoms with van der Waals surface area (Å²) in [6.45, 7) is 8.72. The Bertz CT molecular complexity index is 399. The maximum atomic E-state index is 5.69. The summed E-state index contributed by atoms with van der Waals surface area (Å²) in [4.78, 5) is 2.35. The highest BCUT2D eigenvalue weighted by molar-refractivity contribution is 5.21. The van der Waals surface area contributed by atoms with Gasteiger partial charge in [0.05, 0.1) is 0 Å². The van der Waals surface area contributed by atoms with Gasteiger partial charge in [0, 0.05) is 32.4 Å². The first-order chi connectivity index (χ1) is 10.8. The van der Waals surface area contributed by atoms with Crippen LogP contribution in [0.4, 0.5) is 0 Å². The zero-order valence-corrected chi connectivity index (χ0v) is 14.9. The lowest BCUT2D eigenvalue weighted by molar-refractivity contribution is 0.262. The number of terminal acetylenes is 1. The molecule has 0 aliphatic rings. The molecule has 0 aromatic heterocycles. The van der Waals surface area contributed by atoms with Gasteiger partial charge in [-0.15, -0.1) is 18.3 Å². The topological polar surface area (TPSA) is 3.24 Å². The van der Waals surface area contributed by atoms with Crippen LogP contribution in [0.2, 0.25) is 0 Å². The summed E-state index contributed by atoms with van der Waals surface area (Å²) in [7, 11) is 0. The lowest BCUT2D eigenvalue weighted by Crippen LogP contribution is -2.35. The molecule has 0 aromatic carbocycles. The number of nitrogens with zero attached hydrogens (tertiary/aromatic N) is 1. The number of unbranched alkanes of at least 4 members (excludes halogenated alkanes) is 5. The van der Waals surface area contributed by atoms with Gasteiger partial charge in [0.2, 0.25) is 0 Å². The molecule has 0 aliphatic carbocycles. The molecule has 22 heavy (non-hydrogen) atoms. The van der Waals surface area contributed by atoms with E-state index in [4.69, 9.17) is 6.42 Å². The van der Waals surface area contributed by atoms with Gasteiger partial charge in [-0.2, -0.15) is 0 Å². The molecular formula is C21H33N. The molecule has 0 rings (SSSR count). The van der Waals surface area contributed by atoms with Crippen molar-refractivity contribution < 1.29 is 0 Å². The molecule has 1 unspecified atom stereocenters. The molecular weight excluding hydrogens is 266 g/mol. The van der Waals surface area contributed by atoms with Crippen molar-refractivity contribution in [1.82, 2.24) is 4.90 Å². The lowest BCUT2D eigenvalue weighted by atomic mass is 10.2. The Labute approximate surface area is 139 Å². The summed E-state index contributed by atoms with van der Waals surface area (Å²) in [6, 6.07) is -0.0360. The second-order valence-corrected chi connectivity index (χ2v) is 5.59. The van der Waals surface area contributed by atoms with Crippen molar-refractivity contribution in [3.8, 4) is 36.0 Å². The highest BCUT2D eigenvalue weighted by atomic mass is 15.1. The third kappa shape index (κ3) is 11.3. The van der Waals surface area contributed by atoms with Gasteiger partial charge in [-0.05, 0) is 19.3 Å². The minimum absolute atomic E-state index is 0.0360. The second kappa shape index (κ2) is 16.0. The summed E-state index contributed by atoms with van der Waals surface area (Å²) in [5.41, 5.74) is 0. The Balaban J connectivity index is 4.31. The van der Waals surface area contributed by atoms with Crippen molar-refractivity contribution in [2.75, 3.05) is 13.1 Å². The van der Waals surface area contributed by atoms with Crippen molar-refractivity contribution in [1.29, 1.82) is 0 Å². The number of rotatable bonds is 10. The molecule has 0 fully saturated rings. The molecule has 0 bridgehead atoms. The molecule has 0 N–H and O–H groups in total. The zero-order chi connectivity index (χ0) is 16.5. The zero-order valence-electron chi connectivity index (χ0n) is 14.9. The van der Waals surface area contributed by atoms with Crippen LogP contribution in [0.5, 0.6) is 0 Å². The summed E-state index contributed by atoms with van der Waals surface area (Å²) in [5.74, 6) is 15.7. The standard InChI is InChI=1S/C21H33N/c1-5-9-12-13-14-15-16-17-18-21(8-4)22(19-10-6-2)20-11-7-3/h4,21H,5-7,9-12,15-16,19-20H2,1-3H3. The Morgan fingerprint density at radius 3 is 1.86 bits per heavy atom. The highest BCUT2D eigenvalue weighted by Gasteiger charge is 2.12. The van der Waals surface area contributed by atoms with Crippen LogP contribution in [0.1, 0.15) is 78.6 Å². The van der Waals surface area contributed by atoms with Crippen LogP contribution in [-0.4, -0.2) is 24.0 Å². The van der Waals surface area contributed by atoms with Crippen molar-refractivity contribution in [2.24, 2.45) is 0 Å². The first-order valence-electron chi connectivity index (χ1n) is 8.94. The van der Waals surface area contributed by atoms with Gasteiger partial charge in [0.1, 0.15) is 6.04 Å². The molecule has 0 saturated carbocycles. The molecule has 0 aliphatic heterocycles. The maximum Gasteiger partial charge on any atom is 0.133 e. The van der Waals surface area contributed by atoms with E-state index < -0.39 is 0 Å². The molecule has 0 amide bonds. The Hall–Kier alpha value is -1.36. The van der Waals surface area contributed by atoms with E-state index in [2.05, 4.69) is 55.3 Å². The van der Waals surface area contributed by atoms with Gasteiger partial charge in [-0.1, -0.05) is 57.8 Å². The molecule has 122 valence electrons. The second-order valence-electron chi connectivity index (χ2n) is 5.59. The molecule has 0 aromatic rings. The molecule has 0 heterocycles. The summed E-state index contributed by atoms with van der Waals surface area (Å²) in [5, 5.41) is 0. The summed E-state index contributed by atoms with van der Waals surface area (Å²) in [6.07, 6.45) is 15.6. The molecule has 0 saturated heterocycles. The van der Waals surface area contributed by atoms with Crippen molar-refractivity contribution in [3.05, 3.63) is 0 Å². The SMILES string of the molecule is C#CC(C#CCCC#CCCCC)N(CCCC)CCCC.